The molecule has 9 nitrogen and oxygen atoms in total. The number of rotatable bonds is 12. The van der Waals surface area contributed by atoms with Gasteiger partial charge in [0.1, 0.15) is 12.0 Å². The number of fused-ring (bicyclic) bond motifs is 2. The number of aldehydes is 1. The van der Waals surface area contributed by atoms with E-state index in [1.54, 1.807) is 24.4 Å². The van der Waals surface area contributed by atoms with Gasteiger partial charge in [0.15, 0.2) is 0 Å². The van der Waals surface area contributed by atoms with E-state index in [2.05, 4.69) is 20.9 Å². The molecule has 3 heterocycles. The van der Waals surface area contributed by atoms with Crippen molar-refractivity contribution in [2.45, 2.75) is 66.3 Å². The normalized spacial score (nSPS) is 14.9. The number of benzene rings is 3. The molecular weight excluding hydrogens is 697 g/mol. The van der Waals surface area contributed by atoms with E-state index in [1.165, 1.54) is 0 Å². The Labute approximate surface area is 316 Å². The SMILES string of the molecule is CC.Cc1cc(OCCCC2c3ccc(Cl)c(-c4c(C)nn(C)c4C)c3N(CCN(C)c3ccnc4ccc(C(=O)O)cc34)C2C=O)cc(C)c1Cl. The van der Waals surface area contributed by atoms with Crippen molar-refractivity contribution < 1.29 is 19.4 Å². The van der Waals surface area contributed by atoms with Gasteiger partial charge in [-0.15, -0.1) is 0 Å². The average Bonchev–Trinajstić information content (AvgIpc) is 3.57. The summed E-state index contributed by atoms with van der Waals surface area (Å²) in [6, 6.07) is 14.3. The molecule has 0 amide bonds. The molecule has 2 atom stereocenters. The number of carboxylic acids is 1. The van der Waals surface area contributed by atoms with Gasteiger partial charge in [-0.05, 0) is 99.7 Å². The van der Waals surface area contributed by atoms with Crippen LogP contribution in [0.3, 0.4) is 0 Å². The van der Waals surface area contributed by atoms with Crippen LogP contribution >= 0.6 is 23.2 Å². The second-order valence-electron chi connectivity index (χ2n) is 13.1. The van der Waals surface area contributed by atoms with Gasteiger partial charge in [0.05, 0.1) is 40.1 Å². The van der Waals surface area contributed by atoms with Gasteiger partial charge in [0.2, 0.25) is 0 Å². The number of carboxylic acid groups (broad SMARTS) is 1. The van der Waals surface area contributed by atoms with Crippen molar-refractivity contribution in [1.82, 2.24) is 14.8 Å². The zero-order chi connectivity index (χ0) is 37.9. The topological polar surface area (TPSA) is 101 Å². The van der Waals surface area contributed by atoms with E-state index in [0.717, 1.165) is 85.9 Å². The van der Waals surface area contributed by atoms with Crippen molar-refractivity contribution in [3.05, 3.63) is 98.4 Å². The largest absolute Gasteiger partial charge is 0.494 e. The predicted octanol–water partition coefficient (Wildman–Crippen LogP) is 9.37. The Hall–Kier alpha value is -4.60. The number of hydrogen-bond acceptors (Lipinski definition) is 7. The monoisotopic (exact) mass is 743 g/mol. The maximum atomic E-state index is 13.1. The van der Waals surface area contributed by atoms with E-state index in [9.17, 15) is 14.7 Å². The number of halogens is 2. The first kappa shape index (κ1) is 38.6. The van der Waals surface area contributed by atoms with Crippen molar-refractivity contribution in [2.75, 3.05) is 36.5 Å². The maximum absolute atomic E-state index is 13.1. The first-order valence-electron chi connectivity index (χ1n) is 17.7. The molecule has 3 aromatic carbocycles. The number of aryl methyl sites for hydroxylation is 4. The number of pyridine rings is 1. The summed E-state index contributed by atoms with van der Waals surface area (Å²) >= 11 is 13.4. The molecule has 0 saturated carbocycles. The third kappa shape index (κ3) is 7.48. The Bertz CT molecular complexity index is 2090. The lowest BCUT2D eigenvalue weighted by Crippen LogP contribution is -2.40. The van der Waals surface area contributed by atoms with Crippen LogP contribution in [0.4, 0.5) is 11.4 Å². The zero-order valence-corrected chi connectivity index (χ0v) is 32.6. The third-order valence-electron chi connectivity index (χ3n) is 9.91. The second-order valence-corrected chi connectivity index (χ2v) is 13.9. The fourth-order valence-electron chi connectivity index (χ4n) is 7.33. The fraction of sp³-hybridized carbons (Fsp3) is 0.366. The van der Waals surface area contributed by atoms with Crippen molar-refractivity contribution in [1.29, 1.82) is 0 Å². The van der Waals surface area contributed by atoms with Crippen LogP contribution in [0.2, 0.25) is 10.0 Å². The van der Waals surface area contributed by atoms with E-state index in [1.807, 2.05) is 84.6 Å². The summed E-state index contributed by atoms with van der Waals surface area (Å²) in [7, 11) is 3.89. The van der Waals surface area contributed by atoms with Crippen LogP contribution in [0.5, 0.6) is 5.75 Å². The molecule has 0 radical (unpaired) electrons. The summed E-state index contributed by atoms with van der Waals surface area (Å²) in [5.74, 6) is -0.297. The highest BCUT2D eigenvalue weighted by Gasteiger charge is 2.41. The molecule has 5 aromatic rings. The van der Waals surface area contributed by atoms with Gasteiger partial charge in [0.25, 0.3) is 0 Å². The first-order chi connectivity index (χ1) is 24.9. The van der Waals surface area contributed by atoms with E-state index in [0.29, 0.717) is 30.2 Å². The molecule has 0 saturated heterocycles. The fourth-order valence-corrected chi connectivity index (χ4v) is 7.68. The lowest BCUT2D eigenvalue weighted by Gasteiger charge is -2.31. The van der Waals surface area contributed by atoms with Crippen molar-refractivity contribution >= 4 is 57.7 Å². The van der Waals surface area contributed by atoms with Gasteiger partial charge in [0, 0.05) is 72.2 Å². The number of carbonyl (C=O) groups excluding carboxylic acids is 1. The lowest BCUT2D eigenvalue weighted by molar-refractivity contribution is -0.109. The molecule has 52 heavy (non-hydrogen) atoms. The van der Waals surface area contributed by atoms with Crippen LogP contribution in [0.15, 0.2) is 54.7 Å². The van der Waals surface area contributed by atoms with Gasteiger partial charge in [-0.25, -0.2) is 4.79 Å². The Kier molecular flexibility index (Phi) is 12.2. The molecule has 1 aliphatic heterocycles. The molecule has 1 aliphatic rings. The number of hydrogen-bond donors (Lipinski definition) is 1. The summed E-state index contributed by atoms with van der Waals surface area (Å²) in [5.41, 5.74) is 9.43. The molecule has 274 valence electrons. The Balaban J connectivity index is 0.00000257. The van der Waals surface area contributed by atoms with Gasteiger partial charge in [-0.1, -0.05) is 43.1 Å². The molecule has 11 heteroatoms. The van der Waals surface area contributed by atoms with Crippen LogP contribution < -0.4 is 14.5 Å². The summed E-state index contributed by atoms with van der Waals surface area (Å²) in [5, 5.41) is 16.4. The molecule has 6 rings (SSSR count). The molecule has 2 unspecified atom stereocenters. The average molecular weight is 745 g/mol. The minimum atomic E-state index is -0.993. The van der Waals surface area contributed by atoms with Crippen LogP contribution in [-0.2, 0) is 11.8 Å². The number of nitrogens with zero attached hydrogens (tertiary/aromatic N) is 5. The van der Waals surface area contributed by atoms with Crippen molar-refractivity contribution in [3.8, 4) is 16.9 Å². The quantitative estimate of drug-likeness (QED) is 0.0997. The van der Waals surface area contributed by atoms with Crippen LogP contribution in [0.25, 0.3) is 22.0 Å². The predicted molar refractivity (Wildman–Crippen MR) is 212 cm³/mol. The summed E-state index contributed by atoms with van der Waals surface area (Å²) in [6.45, 7) is 13.5. The summed E-state index contributed by atoms with van der Waals surface area (Å²) < 4.78 is 8.02. The summed E-state index contributed by atoms with van der Waals surface area (Å²) in [6.07, 6.45) is 4.25. The standard InChI is InChI=1S/C39H41Cl2N5O4.C2H6/c1-22-18-27(19-23(2)37(22)41)50-17-7-8-28-29-10-11-31(40)36(35-24(3)43-45(6)25(35)4)38(29)46(34(28)21-47)16-15-44(5)33-13-14-42-32-12-9-26(39(48)49)20-30(32)33;1-2/h9-14,18-21,28,34H,7-8,15-17H2,1-6H3,(H,48,49);1-2H3. The molecule has 0 aliphatic carbocycles. The molecule has 0 fully saturated rings. The highest BCUT2D eigenvalue weighted by molar-refractivity contribution is 6.34. The van der Waals surface area contributed by atoms with E-state index >= 15 is 0 Å². The smallest absolute Gasteiger partial charge is 0.335 e. The van der Waals surface area contributed by atoms with E-state index < -0.39 is 12.0 Å². The Morgan fingerprint density at radius 1 is 1.02 bits per heavy atom. The molecule has 0 spiro atoms. The highest BCUT2D eigenvalue weighted by Crippen LogP contribution is 2.51. The minimum absolute atomic E-state index is 0.0849. The van der Waals surface area contributed by atoms with Crippen molar-refractivity contribution in [2.24, 2.45) is 7.05 Å². The number of ether oxygens (including phenoxy) is 1. The molecular formula is C41H47Cl2N5O4. The molecule has 0 bridgehead atoms. The molecule has 1 N–H and O–H groups in total. The van der Waals surface area contributed by atoms with Gasteiger partial charge in [-0.2, -0.15) is 5.10 Å². The number of anilines is 2. The second kappa shape index (κ2) is 16.4. The minimum Gasteiger partial charge on any atom is -0.494 e. The van der Waals surface area contributed by atoms with Gasteiger partial charge >= 0.3 is 5.97 Å². The number of likely N-dealkylation sites (N-methyl/N-ethyl adjacent to an activating group) is 1. The van der Waals surface area contributed by atoms with Gasteiger partial charge < -0.3 is 24.4 Å². The Morgan fingerprint density at radius 2 is 1.73 bits per heavy atom. The van der Waals surface area contributed by atoms with Crippen molar-refractivity contribution in [3.63, 3.8) is 0 Å². The maximum Gasteiger partial charge on any atom is 0.335 e. The van der Waals surface area contributed by atoms with Crippen LogP contribution in [0, 0.1) is 27.7 Å². The number of aromatic nitrogens is 3. The number of carbonyl (C=O) groups is 2. The number of aromatic carboxylic acids is 1. The lowest BCUT2D eigenvalue weighted by atomic mass is 9.89. The Morgan fingerprint density at radius 3 is 2.37 bits per heavy atom. The first-order valence-corrected chi connectivity index (χ1v) is 18.4. The third-order valence-corrected chi connectivity index (χ3v) is 10.8. The van der Waals surface area contributed by atoms with E-state index in [-0.39, 0.29) is 11.5 Å². The van der Waals surface area contributed by atoms with Crippen LogP contribution in [0.1, 0.15) is 71.0 Å². The summed E-state index contributed by atoms with van der Waals surface area (Å²) in [4.78, 5) is 33.6. The van der Waals surface area contributed by atoms with Gasteiger partial charge in [-0.3, -0.25) is 9.67 Å². The molecule has 2 aromatic heterocycles. The van der Waals surface area contributed by atoms with Crippen LogP contribution in [-0.4, -0.2) is 64.9 Å². The zero-order valence-electron chi connectivity index (χ0n) is 31.1. The van der Waals surface area contributed by atoms with E-state index in [4.69, 9.17) is 33.0 Å². The highest BCUT2D eigenvalue weighted by atomic mass is 35.5.